The maximum absolute atomic E-state index is 5.58. The molecule has 238 valence electrons. The van der Waals surface area contributed by atoms with Gasteiger partial charge in [0.05, 0.1) is 26.7 Å². The van der Waals surface area contributed by atoms with Crippen molar-refractivity contribution in [3.05, 3.63) is 0 Å². The fourth-order valence-corrected chi connectivity index (χ4v) is 7.16. The second-order valence-corrected chi connectivity index (χ2v) is 15.0. The van der Waals surface area contributed by atoms with Crippen LogP contribution in [0.5, 0.6) is 0 Å². The summed E-state index contributed by atoms with van der Waals surface area (Å²) < 4.78 is 12.4. The summed E-state index contributed by atoms with van der Waals surface area (Å²) in [6.45, 7) is 8.64. The van der Waals surface area contributed by atoms with Gasteiger partial charge >= 0.3 is 9.28 Å². The van der Waals surface area contributed by atoms with Gasteiger partial charge in [0.1, 0.15) is 0 Å². The van der Waals surface area contributed by atoms with Gasteiger partial charge in [-0.15, -0.1) is 0 Å². The largest absolute Gasteiger partial charge is 1.00 e. The molecular weight excluding hydrogens is 518 g/mol. The highest BCUT2D eigenvalue weighted by molar-refractivity contribution is 6.44. The molecule has 39 heavy (non-hydrogen) atoms. The van der Waals surface area contributed by atoms with Gasteiger partial charge in [0.25, 0.3) is 0 Å². The fraction of sp³-hybridized carbons (Fsp3) is 1.00. The van der Waals surface area contributed by atoms with Crippen LogP contribution in [0.1, 0.15) is 174 Å². The molecule has 0 spiro atoms. The summed E-state index contributed by atoms with van der Waals surface area (Å²) in [6.07, 6.45) is 35.8. The third-order valence-corrected chi connectivity index (χ3v) is 10.7. The van der Waals surface area contributed by atoms with Gasteiger partial charge in [0, 0.05) is 14.2 Å². The lowest BCUT2D eigenvalue weighted by Crippen LogP contribution is -3.00. The monoisotopic (exact) mass is 592 g/mol. The molecule has 0 aliphatic rings. The minimum absolute atomic E-state index is 0. The van der Waals surface area contributed by atoms with Crippen LogP contribution < -0.4 is 12.4 Å². The first kappa shape index (κ1) is 41.5. The molecule has 0 saturated heterocycles. The molecule has 0 aromatic carbocycles. The molecule has 0 aliphatic heterocycles. The maximum Gasteiger partial charge on any atom is 0.321 e. The first-order valence-electron chi connectivity index (χ1n) is 17.5. The predicted octanol–water partition coefficient (Wildman–Crippen LogP) is 7.74. The average Bonchev–Trinajstić information content (AvgIpc) is 2.92. The van der Waals surface area contributed by atoms with E-state index < -0.39 is 9.28 Å². The van der Waals surface area contributed by atoms with E-state index in [4.69, 9.17) is 8.85 Å². The summed E-state index contributed by atoms with van der Waals surface area (Å²) >= 11 is 0. The van der Waals surface area contributed by atoms with E-state index in [-0.39, 0.29) is 12.4 Å². The van der Waals surface area contributed by atoms with E-state index in [0.717, 1.165) is 6.04 Å². The Morgan fingerprint density at radius 3 is 0.949 bits per heavy atom. The molecular formula is C34H74ClNO2Si. The molecule has 0 fully saturated rings. The number of unbranched alkanes of at least 4 members (excludes halogenated alkanes) is 22. The molecule has 0 heterocycles. The fourth-order valence-electron chi connectivity index (χ4n) is 5.98. The minimum Gasteiger partial charge on any atom is -1.00 e. The Hall–Kier alpha value is 0.387. The van der Waals surface area contributed by atoms with E-state index in [1.54, 1.807) is 0 Å². The highest BCUT2D eigenvalue weighted by atomic mass is 35.5. The van der Waals surface area contributed by atoms with Crippen LogP contribution in [0.25, 0.3) is 0 Å². The molecule has 0 saturated carbocycles. The van der Waals surface area contributed by atoms with Crippen molar-refractivity contribution >= 4 is 9.28 Å². The molecule has 0 radical (unpaired) electrons. The van der Waals surface area contributed by atoms with Crippen LogP contribution in [0, 0.1) is 0 Å². The van der Waals surface area contributed by atoms with Gasteiger partial charge in [-0.1, -0.05) is 142 Å². The maximum atomic E-state index is 5.58. The molecule has 0 atom stereocenters. The van der Waals surface area contributed by atoms with Gasteiger partial charge < -0.3 is 25.7 Å². The van der Waals surface area contributed by atoms with Crippen LogP contribution in [-0.4, -0.2) is 54.7 Å². The van der Waals surface area contributed by atoms with Crippen molar-refractivity contribution in [2.24, 2.45) is 0 Å². The number of hydrogen-bond donors (Lipinski definition) is 0. The Kier molecular flexibility index (Phi) is 35.0. The second kappa shape index (κ2) is 32.9. The van der Waals surface area contributed by atoms with Crippen LogP contribution in [0.2, 0.25) is 6.04 Å². The summed E-state index contributed by atoms with van der Waals surface area (Å²) in [5, 5.41) is 0. The number of quaternary nitrogens is 1. The van der Waals surface area contributed by atoms with Gasteiger partial charge in [-0.05, 0) is 38.1 Å². The molecule has 5 heteroatoms. The summed E-state index contributed by atoms with van der Waals surface area (Å²) in [5.74, 6) is 0. The molecule has 0 rings (SSSR count). The van der Waals surface area contributed by atoms with E-state index in [0.29, 0.717) is 0 Å². The topological polar surface area (TPSA) is 18.5 Å². The predicted molar refractivity (Wildman–Crippen MR) is 174 cm³/mol. The molecule has 3 nitrogen and oxygen atoms in total. The molecule has 0 unspecified atom stereocenters. The molecule has 0 aromatic heterocycles. The van der Waals surface area contributed by atoms with Crippen molar-refractivity contribution in [1.29, 1.82) is 0 Å². The minimum atomic E-state index is -1.41. The van der Waals surface area contributed by atoms with E-state index in [1.807, 2.05) is 14.2 Å². The summed E-state index contributed by atoms with van der Waals surface area (Å²) in [6, 6.07) is 1.15. The van der Waals surface area contributed by atoms with Crippen LogP contribution in [0.15, 0.2) is 0 Å². The van der Waals surface area contributed by atoms with Crippen molar-refractivity contribution in [3.63, 3.8) is 0 Å². The zero-order valence-electron chi connectivity index (χ0n) is 27.7. The first-order valence-corrected chi connectivity index (χ1v) is 19.3. The van der Waals surface area contributed by atoms with Gasteiger partial charge in [0.15, 0.2) is 0 Å². The van der Waals surface area contributed by atoms with E-state index in [1.165, 1.54) is 185 Å². The average molecular weight is 593 g/mol. The summed E-state index contributed by atoms with van der Waals surface area (Å²) in [5.41, 5.74) is 0. The van der Waals surface area contributed by atoms with Crippen LogP contribution >= 0.6 is 0 Å². The first-order chi connectivity index (χ1) is 18.6. The zero-order chi connectivity index (χ0) is 28.0. The van der Waals surface area contributed by atoms with Crippen molar-refractivity contribution in [2.45, 2.75) is 180 Å². The zero-order valence-corrected chi connectivity index (χ0v) is 29.6. The van der Waals surface area contributed by atoms with Crippen LogP contribution in [0.3, 0.4) is 0 Å². The van der Waals surface area contributed by atoms with E-state index in [9.17, 15) is 0 Å². The normalized spacial score (nSPS) is 11.8. The summed E-state index contributed by atoms with van der Waals surface area (Å²) in [4.78, 5) is 0. The summed E-state index contributed by atoms with van der Waals surface area (Å²) in [7, 11) is 4.77. The van der Waals surface area contributed by atoms with Gasteiger partial charge in [0.2, 0.25) is 0 Å². The van der Waals surface area contributed by atoms with Gasteiger partial charge in [-0.3, -0.25) is 0 Å². The molecule has 0 N–H and O–H groups in total. The Morgan fingerprint density at radius 1 is 0.410 bits per heavy atom. The third kappa shape index (κ3) is 29.7. The smallest absolute Gasteiger partial charge is 0.321 e. The highest BCUT2D eigenvalue weighted by Gasteiger charge is 2.22. The lowest BCUT2D eigenvalue weighted by molar-refractivity contribution is -0.910. The number of hydrogen-bond acceptors (Lipinski definition) is 2. The van der Waals surface area contributed by atoms with E-state index >= 15 is 0 Å². The van der Waals surface area contributed by atoms with Crippen molar-refractivity contribution in [3.8, 4) is 0 Å². The Morgan fingerprint density at radius 2 is 0.667 bits per heavy atom. The Balaban J connectivity index is 0. The standard InChI is InChI=1S/C34H74NO2Si.ClH/c1-6-8-10-12-14-16-18-20-22-24-26-28-31-35(3,33-30-34-38(36-4)37-5)32-29-27-25-23-21-19-17-15-13-11-9-7-2;/h38H,6-34H2,1-5H3;1H/q+1;/p-1. The highest BCUT2D eigenvalue weighted by Crippen LogP contribution is 2.17. The van der Waals surface area contributed by atoms with Crippen molar-refractivity contribution in [2.75, 3.05) is 40.9 Å². The molecule has 0 aromatic rings. The second-order valence-electron chi connectivity index (χ2n) is 12.6. The lowest BCUT2D eigenvalue weighted by atomic mass is 10.0. The Bertz CT molecular complexity index is 423. The van der Waals surface area contributed by atoms with Crippen LogP contribution in [-0.2, 0) is 8.85 Å². The number of halogens is 1. The number of rotatable bonds is 32. The Labute approximate surface area is 255 Å². The SMILES string of the molecule is CCCCCCCCCCCCCC[N+](C)(CCCCCCCCCCCCCC)CCC[SiH](OC)OC.[Cl-]. The van der Waals surface area contributed by atoms with Gasteiger partial charge in [-0.2, -0.15) is 0 Å². The van der Waals surface area contributed by atoms with E-state index in [2.05, 4.69) is 20.9 Å². The van der Waals surface area contributed by atoms with Crippen LogP contribution in [0.4, 0.5) is 0 Å². The molecule has 0 bridgehead atoms. The lowest BCUT2D eigenvalue weighted by Gasteiger charge is -2.35. The quantitative estimate of drug-likeness (QED) is 0.0452. The molecule has 0 amide bonds. The van der Waals surface area contributed by atoms with Crippen molar-refractivity contribution in [1.82, 2.24) is 0 Å². The molecule has 0 aliphatic carbocycles. The van der Waals surface area contributed by atoms with Crippen molar-refractivity contribution < 1.29 is 25.7 Å². The third-order valence-electron chi connectivity index (χ3n) is 8.77. The van der Waals surface area contributed by atoms with Gasteiger partial charge in [-0.25, -0.2) is 0 Å². The number of nitrogens with zero attached hydrogens (tertiary/aromatic N) is 1.